The molecule has 4 heteroatoms. The van der Waals surface area contributed by atoms with Crippen molar-refractivity contribution in [2.75, 3.05) is 17.3 Å². The third-order valence-corrected chi connectivity index (χ3v) is 3.84. The monoisotopic (exact) mass is 317 g/mol. The highest BCUT2D eigenvalue weighted by Gasteiger charge is 2.15. The van der Waals surface area contributed by atoms with E-state index < -0.39 is 0 Å². The van der Waals surface area contributed by atoms with Gasteiger partial charge < -0.3 is 10.2 Å². The summed E-state index contributed by atoms with van der Waals surface area (Å²) in [5, 5.41) is 2.97. The van der Waals surface area contributed by atoms with E-state index in [1.807, 2.05) is 79.5 Å². The average molecular weight is 317 g/mol. The highest BCUT2D eigenvalue weighted by molar-refractivity contribution is 6.08. The number of amides is 1. The van der Waals surface area contributed by atoms with Gasteiger partial charge >= 0.3 is 0 Å². The molecule has 1 heterocycles. The molecule has 0 aliphatic rings. The molecule has 0 saturated carbocycles. The number of anilines is 3. The molecule has 0 atom stereocenters. The summed E-state index contributed by atoms with van der Waals surface area (Å²) in [5.74, 6) is -0.128. The van der Waals surface area contributed by atoms with Gasteiger partial charge in [-0.25, -0.2) is 0 Å². The van der Waals surface area contributed by atoms with Crippen molar-refractivity contribution < 1.29 is 4.79 Å². The van der Waals surface area contributed by atoms with Gasteiger partial charge in [-0.3, -0.25) is 9.78 Å². The van der Waals surface area contributed by atoms with Gasteiger partial charge in [0.05, 0.1) is 11.3 Å². The lowest BCUT2D eigenvalue weighted by molar-refractivity contribution is 0.102. The third-order valence-electron chi connectivity index (χ3n) is 3.84. The predicted molar refractivity (Wildman–Crippen MR) is 97.9 cm³/mol. The van der Waals surface area contributed by atoms with Crippen LogP contribution >= 0.6 is 0 Å². The smallest absolute Gasteiger partial charge is 0.257 e. The van der Waals surface area contributed by atoms with Crippen LogP contribution in [0.5, 0.6) is 0 Å². The Morgan fingerprint density at radius 2 is 1.75 bits per heavy atom. The van der Waals surface area contributed by atoms with E-state index >= 15 is 0 Å². The lowest BCUT2D eigenvalue weighted by Gasteiger charge is -2.22. The van der Waals surface area contributed by atoms with E-state index in [-0.39, 0.29) is 5.91 Å². The van der Waals surface area contributed by atoms with E-state index in [0.29, 0.717) is 5.56 Å². The van der Waals surface area contributed by atoms with Gasteiger partial charge in [0, 0.05) is 30.8 Å². The van der Waals surface area contributed by atoms with E-state index in [4.69, 9.17) is 0 Å². The first-order valence-corrected chi connectivity index (χ1v) is 7.76. The van der Waals surface area contributed by atoms with Gasteiger partial charge in [0.2, 0.25) is 0 Å². The summed E-state index contributed by atoms with van der Waals surface area (Å²) in [6.07, 6.45) is 3.47. The van der Waals surface area contributed by atoms with Crippen LogP contribution in [0, 0.1) is 6.92 Å². The van der Waals surface area contributed by atoms with Crippen LogP contribution in [-0.4, -0.2) is 17.9 Å². The topological polar surface area (TPSA) is 45.2 Å². The summed E-state index contributed by atoms with van der Waals surface area (Å²) < 4.78 is 0. The fourth-order valence-electron chi connectivity index (χ4n) is 2.59. The molecule has 0 aliphatic carbocycles. The Kier molecular flexibility index (Phi) is 4.57. The summed E-state index contributed by atoms with van der Waals surface area (Å²) in [4.78, 5) is 18.7. The molecule has 120 valence electrons. The van der Waals surface area contributed by atoms with Gasteiger partial charge in [-0.05, 0) is 48.9 Å². The normalized spacial score (nSPS) is 10.2. The number of hydrogen-bond acceptors (Lipinski definition) is 3. The Hall–Kier alpha value is -3.14. The van der Waals surface area contributed by atoms with Crippen LogP contribution in [0.4, 0.5) is 17.1 Å². The Bertz CT molecular complexity index is 846. The van der Waals surface area contributed by atoms with Crippen molar-refractivity contribution in [3.05, 3.63) is 84.2 Å². The first-order chi connectivity index (χ1) is 11.6. The van der Waals surface area contributed by atoms with E-state index in [2.05, 4.69) is 10.3 Å². The van der Waals surface area contributed by atoms with Crippen molar-refractivity contribution >= 4 is 23.0 Å². The Labute approximate surface area is 141 Å². The number of pyridine rings is 1. The first kappa shape index (κ1) is 15.7. The zero-order valence-electron chi connectivity index (χ0n) is 13.7. The molecule has 4 nitrogen and oxygen atoms in total. The highest BCUT2D eigenvalue weighted by Crippen LogP contribution is 2.27. The minimum absolute atomic E-state index is 0.128. The maximum atomic E-state index is 12.7. The molecule has 0 radical (unpaired) electrons. The Morgan fingerprint density at radius 1 is 1.00 bits per heavy atom. The van der Waals surface area contributed by atoms with Crippen molar-refractivity contribution in [1.82, 2.24) is 4.98 Å². The van der Waals surface area contributed by atoms with E-state index in [1.165, 1.54) is 0 Å². The first-order valence-electron chi connectivity index (χ1n) is 7.76. The van der Waals surface area contributed by atoms with Crippen LogP contribution in [0.3, 0.4) is 0 Å². The summed E-state index contributed by atoms with van der Waals surface area (Å²) in [6, 6.07) is 19.2. The molecule has 0 fully saturated rings. The maximum Gasteiger partial charge on any atom is 0.257 e. The average Bonchev–Trinajstić information content (AvgIpc) is 2.62. The summed E-state index contributed by atoms with van der Waals surface area (Å²) in [6.45, 7) is 2.00. The van der Waals surface area contributed by atoms with Gasteiger partial charge in [-0.15, -0.1) is 0 Å². The second-order valence-electron chi connectivity index (χ2n) is 5.61. The van der Waals surface area contributed by atoms with Gasteiger partial charge in [0.25, 0.3) is 5.91 Å². The molecule has 2 aromatic carbocycles. The van der Waals surface area contributed by atoms with Crippen LogP contribution in [0.15, 0.2) is 73.1 Å². The van der Waals surface area contributed by atoms with Crippen molar-refractivity contribution in [3.8, 4) is 0 Å². The molecule has 0 bridgehead atoms. The molecule has 0 spiro atoms. The minimum Gasteiger partial charge on any atom is -0.344 e. The van der Waals surface area contributed by atoms with Crippen LogP contribution in [0.2, 0.25) is 0 Å². The van der Waals surface area contributed by atoms with E-state index in [1.54, 1.807) is 12.4 Å². The van der Waals surface area contributed by atoms with Crippen LogP contribution in [-0.2, 0) is 0 Å². The lowest BCUT2D eigenvalue weighted by Crippen LogP contribution is -2.18. The second kappa shape index (κ2) is 6.96. The molecule has 3 aromatic rings. The molecule has 0 unspecified atom stereocenters. The fourth-order valence-corrected chi connectivity index (χ4v) is 2.59. The number of nitrogens with zero attached hydrogens (tertiary/aromatic N) is 2. The molecule has 3 rings (SSSR count). The highest BCUT2D eigenvalue weighted by atomic mass is 16.1. The second-order valence-corrected chi connectivity index (χ2v) is 5.61. The maximum absolute atomic E-state index is 12.7. The van der Waals surface area contributed by atoms with Crippen molar-refractivity contribution in [3.63, 3.8) is 0 Å². The molecule has 1 N–H and O–H groups in total. The quantitative estimate of drug-likeness (QED) is 0.775. The standard InChI is InChI=1S/C20H19N3O/c1-15-6-5-7-16(14-15)22-20(24)18-8-3-4-9-19(18)23(2)17-10-12-21-13-11-17/h3-14H,1-2H3,(H,22,24). The number of carbonyl (C=O) groups excluding carboxylic acids is 1. The molecule has 1 amide bonds. The van der Waals surface area contributed by atoms with Crippen LogP contribution in [0.1, 0.15) is 15.9 Å². The Morgan fingerprint density at radius 3 is 2.50 bits per heavy atom. The lowest BCUT2D eigenvalue weighted by atomic mass is 10.1. The summed E-state index contributed by atoms with van der Waals surface area (Å²) >= 11 is 0. The number of benzene rings is 2. The Balaban J connectivity index is 1.90. The van der Waals surface area contributed by atoms with Gasteiger partial charge in [0.15, 0.2) is 0 Å². The molecular formula is C20H19N3O. The van der Waals surface area contributed by atoms with Gasteiger partial charge in [-0.2, -0.15) is 0 Å². The molecule has 24 heavy (non-hydrogen) atoms. The summed E-state index contributed by atoms with van der Waals surface area (Å²) in [7, 11) is 1.94. The number of hydrogen-bond donors (Lipinski definition) is 1. The number of para-hydroxylation sites is 1. The number of aryl methyl sites for hydroxylation is 1. The fraction of sp³-hybridized carbons (Fsp3) is 0.100. The largest absolute Gasteiger partial charge is 0.344 e. The molecule has 1 aromatic heterocycles. The number of rotatable bonds is 4. The number of carbonyl (C=O) groups is 1. The van der Waals surface area contributed by atoms with E-state index in [0.717, 1.165) is 22.6 Å². The zero-order chi connectivity index (χ0) is 16.9. The van der Waals surface area contributed by atoms with E-state index in [9.17, 15) is 4.79 Å². The van der Waals surface area contributed by atoms with Crippen molar-refractivity contribution in [2.45, 2.75) is 6.92 Å². The predicted octanol–water partition coefficient (Wildman–Crippen LogP) is 4.41. The van der Waals surface area contributed by atoms with Crippen molar-refractivity contribution in [1.29, 1.82) is 0 Å². The van der Waals surface area contributed by atoms with Crippen LogP contribution in [0.25, 0.3) is 0 Å². The third kappa shape index (κ3) is 3.43. The SMILES string of the molecule is Cc1cccc(NC(=O)c2ccccc2N(C)c2ccncc2)c1. The molecular weight excluding hydrogens is 298 g/mol. The van der Waals surface area contributed by atoms with Gasteiger partial charge in [-0.1, -0.05) is 24.3 Å². The van der Waals surface area contributed by atoms with Crippen LogP contribution < -0.4 is 10.2 Å². The molecule has 0 aliphatic heterocycles. The zero-order valence-corrected chi connectivity index (χ0v) is 13.7. The number of aromatic nitrogens is 1. The number of nitrogens with one attached hydrogen (secondary N) is 1. The molecule has 0 saturated heterocycles. The van der Waals surface area contributed by atoms with Gasteiger partial charge in [0.1, 0.15) is 0 Å². The van der Waals surface area contributed by atoms with Crippen molar-refractivity contribution in [2.24, 2.45) is 0 Å². The minimum atomic E-state index is -0.128. The summed E-state index contributed by atoms with van der Waals surface area (Å²) in [5.41, 5.74) is 4.34.